The van der Waals surface area contributed by atoms with Crippen LogP contribution < -0.4 is 5.32 Å². The average molecular weight is 413 g/mol. The molecule has 1 atom stereocenters. The zero-order valence-electron chi connectivity index (χ0n) is 16.5. The number of rotatable bonds is 6. The molecule has 0 bridgehead atoms. The van der Waals surface area contributed by atoms with Crippen LogP contribution in [0.25, 0.3) is 11.0 Å². The molecule has 2 N–H and O–H groups in total. The number of imidazole rings is 1. The highest BCUT2D eigenvalue weighted by Crippen LogP contribution is 2.21. The maximum Gasteiger partial charge on any atom is 0.230 e. The summed E-state index contributed by atoms with van der Waals surface area (Å²) in [6, 6.07) is 13.0. The fraction of sp³-hybridized carbons (Fsp3) is 0.364. The molecule has 2 heterocycles. The molecule has 152 valence electrons. The molecule has 1 aliphatic heterocycles. The second-order valence-corrected chi connectivity index (χ2v) is 8.55. The van der Waals surface area contributed by atoms with Crippen LogP contribution in [0.2, 0.25) is 0 Å². The first-order chi connectivity index (χ1) is 14.1. The molecule has 1 aliphatic rings. The van der Waals surface area contributed by atoms with Crippen molar-refractivity contribution in [1.29, 1.82) is 0 Å². The number of amides is 1. The minimum absolute atomic E-state index is 0.00405. The van der Waals surface area contributed by atoms with E-state index in [1.54, 1.807) is 6.07 Å². The number of hydrogen-bond donors (Lipinski definition) is 2. The van der Waals surface area contributed by atoms with Gasteiger partial charge in [-0.1, -0.05) is 36.0 Å². The van der Waals surface area contributed by atoms with E-state index in [9.17, 15) is 9.18 Å². The van der Waals surface area contributed by atoms with Crippen molar-refractivity contribution < 1.29 is 9.18 Å². The van der Waals surface area contributed by atoms with Crippen molar-refractivity contribution in [3.8, 4) is 0 Å². The highest BCUT2D eigenvalue weighted by molar-refractivity contribution is 7.99. The highest BCUT2D eigenvalue weighted by Gasteiger charge is 2.22. The predicted octanol–water partition coefficient (Wildman–Crippen LogP) is 3.88. The lowest BCUT2D eigenvalue weighted by molar-refractivity contribution is -0.119. The quantitative estimate of drug-likeness (QED) is 0.603. The van der Waals surface area contributed by atoms with E-state index in [4.69, 9.17) is 0 Å². The van der Waals surface area contributed by atoms with Crippen molar-refractivity contribution in [3.63, 3.8) is 0 Å². The number of aromatic amines is 1. The van der Waals surface area contributed by atoms with Crippen molar-refractivity contribution in [2.45, 2.75) is 37.5 Å². The lowest BCUT2D eigenvalue weighted by atomic mass is 10.0. The molecule has 1 aromatic heterocycles. The third-order valence-electron chi connectivity index (χ3n) is 5.18. The van der Waals surface area contributed by atoms with Gasteiger partial charge in [-0.25, -0.2) is 9.37 Å². The molecule has 0 spiro atoms. The summed E-state index contributed by atoms with van der Waals surface area (Å²) in [5.74, 6) is 0.156. The highest BCUT2D eigenvalue weighted by atomic mass is 32.2. The Bertz CT molecular complexity index is 1010. The van der Waals surface area contributed by atoms with Gasteiger partial charge >= 0.3 is 0 Å². The number of carbonyl (C=O) groups is 1. The fourth-order valence-corrected chi connectivity index (χ4v) is 4.45. The number of aromatic nitrogens is 2. The van der Waals surface area contributed by atoms with Crippen LogP contribution in [0.15, 0.2) is 47.6 Å². The summed E-state index contributed by atoms with van der Waals surface area (Å²) in [5.41, 5.74) is 3.78. The first kappa shape index (κ1) is 19.9. The SMILES string of the molecule is Cc1ccc2nc(SCC(=O)NC3CCCN(Cc4ccccc4F)C3)[nH]c2c1. The summed E-state index contributed by atoms with van der Waals surface area (Å²) in [7, 11) is 0. The molecule has 7 heteroatoms. The molecule has 29 heavy (non-hydrogen) atoms. The number of piperidine rings is 1. The van der Waals surface area contributed by atoms with Crippen molar-refractivity contribution in [2.75, 3.05) is 18.8 Å². The van der Waals surface area contributed by atoms with Crippen LogP contribution in [0.1, 0.15) is 24.0 Å². The van der Waals surface area contributed by atoms with Gasteiger partial charge in [0.2, 0.25) is 5.91 Å². The van der Waals surface area contributed by atoms with E-state index in [0.717, 1.165) is 42.1 Å². The first-order valence-corrected chi connectivity index (χ1v) is 10.9. The largest absolute Gasteiger partial charge is 0.351 e. The number of aryl methyl sites for hydroxylation is 1. The molecular weight excluding hydrogens is 387 g/mol. The first-order valence-electron chi connectivity index (χ1n) is 9.91. The van der Waals surface area contributed by atoms with E-state index in [-0.39, 0.29) is 17.8 Å². The number of nitrogens with one attached hydrogen (secondary N) is 2. The minimum atomic E-state index is -0.170. The fourth-order valence-electron chi connectivity index (χ4n) is 3.76. The average Bonchev–Trinajstić information content (AvgIpc) is 3.10. The van der Waals surface area contributed by atoms with Gasteiger partial charge in [-0.15, -0.1) is 0 Å². The molecule has 1 fully saturated rings. The maximum absolute atomic E-state index is 13.9. The summed E-state index contributed by atoms with van der Waals surface area (Å²) in [4.78, 5) is 22.4. The number of benzene rings is 2. The summed E-state index contributed by atoms with van der Waals surface area (Å²) in [6.07, 6.45) is 1.95. The zero-order valence-corrected chi connectivity index (χ0v) is 17.3. The number of thioether (sulfide) groups is 1. The number of fused-ring (bicyclic) bond motifs is 1. The van der Waals surface area contributed by atoms with Crippen LogP contribution in [0.3, 0.4) is 0 Å². The number of likely N-dealkylation sites (tertiary alicyclic amines) is 1. The molecule has 0 aliphatic carbocycles. The zero-order chi connectivity index (χ0) is 20.2. The molecule has 5 nitrogen and oxygen atoms in total. The Hall–Kier alpha value is -2.38. The van der Waals surface area contributed by atoms with Crippen LogP contribution in [-0.2, 0) is 11.3 Å². The smallest absolute Gasteiger partial charge is 0.230 e. The van der Waals surface area contributed by atoms with Crippen LogP contribution in [0, 0.1) is 12.7 Å². The van der Waals surface area contributed by atoms with Crippen LogP contribution in [0.4, 0.5) is 4.39 Å². The second-order valence-electron chi connectivity index (χ2n) is 7.58. The standard InChI is InChI=1S/C22H25FN4OS/c1-15-8-9-19-20(11-15)26-22(25-19)29-14-21(28)24-17-6-4-10-27(13-17)12-16-5-2-3-7-18(16)23/h2-3,5,7-9,11,17H,4,6,10,12-14H2,1H3,(H,24,28)(H,25,26). The van der Waals surface area contributed by atoms with Crippen LogP contribution in [-0.4, -0.2) is 45.7 Å². The van der Waals surface area contributed by atoms with Gasteiger partial charge in [0, 0.05) is 24.7 Å². The topological polar surface area (TPSA) is 61.0 Å². The van der Waals surface area contributed by atoms with E-state index in [0.29, 0.717) is 17.9 Å². The van der Waals surface area contributed by atoms with E-state index >= 15 is 0 Å². The summed E-state index contributed by atoms with van der Waals surface area (Å²) >= 11 is 1.41. The number of nitrogens with zero attached hydrogens (tertiary/aromatic N) is 2. The number of halogens is 1. The number of carbonyl (C=O) groups excluding carboxylic acids is 1. The molecule has 1 amide bonds. The van der Waals surface area contributed by atoms with E-state index in [1.807, 2.05) is 31.2 Å². The lowest BCUT2D eigenvalue weighted by Gasteiger charge is -2.33. The molecule has 2 aromatic carbocycles. The molecule has 1 unspecified atom stereocenters. The molecular formula is C22H25FN4OS. The van der Waals surface area contributed by atoms with Crippen molar-refractivity contribution >= 4 is 28.7 Å². The maximum atomic E-state index is 13.9. The Morgan fingerprint density at radius 2 is 2.21 bits per heavy atom. The number of hydrogen-bond acceptors (Lipinski definition) is 4. The van der Waals surface area contributed by atoms with Crippen molar-refractivity contribution in [1.82, 2.24) is 20.2 Å². The Morgan fingerprint density at radius 3 is 3.07 bits per heavy atom. The Morgan fingerprint density at radius 1 is 1.34 bits per heavy atom. The lowest BCUT2D eigenvalue weighted by Crippen LogP contribution is -2.47. The van der Waals surface area contributed by atoms with E-state index < -0.39 is 0 Å². The minimum Gasteiger partial charge on any atom is -0.351 e. The van der Waals surface area contributed by atoms with Gasteiger partial charge in [0.1, 0.15) is 5.82 Å². The molecule has 0 radical (unpaired) electrons. The van der Waals surface area contributed by atoms with Gasteiger partial charge in [-0.3, -0.25) is 9.69 Å². The third-order valence-corrected chi connectivity index (χ3v) is 6.05. The number of H-pyrrole nitrogens is 1. The van der Waals surface area contributed by atoms with Gasteiger partial charge in [-0.05, 0) is 50.1 Å². The normalized spacial score (nSPS) is 17.5. The van der Waals surface area contributed by atoms with Gasteiger partial charge in [-0.2, -0.15) is 0 Å². The third kappa shape index (κ3) is 5.16. The molecule has 1 saturated heterocycles. The van der Waals surface area contributed by atoms with Crippen molar-refractivity contribution in [2.24, 2.45) is 0 Å². The van der Waals surface area contributed by atoms with Crippen LogP contribution in [0.5, 0.6) is 0 Å². The van der Waals surface area contributed by atoms with E-state index in [2.05, 4.69) is 26.3 Å². The summed E-state index contributed by atoms with van der Waals surface area (Å²) < 4.78 is 13.9. The van der Waals surface area contributed by atoms with Crippen LogP contribution >= 0.6 is 11.8 Å². The molecule has 0 saturated carbocycles. The van der Waals surface area contributed by atoms with Gasteiger partial charge in [0.25, 0.3) is 0 Å². The molecule has 3 aromatic rings. The van der Waals surface area contributed by atoms with Gasteiger partial charge in [0.05, 0.1) is 16.8 Å². The second kappa shape index (κ2) is 8.97. The summed E-state index contributed by atoms with van der Waals surface area (Å²) in [5, 5.41) is 3.88. The van der Waals surface area contributed by atoms with E-state index in [1.165, 1.54) is 23.4 Å². The monoisotopic (exact) mass is 412 g/mol. The summed E-state index contributed by atoms with van der Waals surface area (Å²) in [6.45, 7) is 4.29. The van der Waals surface area contributed by atoms with Crippen molar-refractivity contribution in [3.05, 3.63) is 59.4 Å². The Labute approximate surface area is 174 Å². The van der Waals surface area contributed by atoms with Gasteiger partial charge < -0.3 is 10.3 Å². The Balaban J connectivity index is 1.28. The molecule has 4 rings (SSSR count). The predicted molar refractivity (Wildman–Crippen MR) is 114 cm³/mol. The van der Waals surface area contributed by atoms with Gasteiger partial charge in [0.15, 0.2) is 5.16 Å². The Kier molecular flexibility index (Phi) is 6.16.